The van der Waals surface area contributed by atoms with Crippen molar-refractivity contribution in [1.82, 2.24) is 10.6 Å². The zero-order chi connectivity index (χ0) is 13.9. The van der Waals surface area contributed by atoms with E-state index in [1.807, 2.05) is 6.07 Å². The number of fused-ring (bicyclic) bond motifs is 1. The van der Waals surface area contributed by atoms with Crippen LogP contribution >= 0.6 is 0 Å². The summed E-state index contributed by atoms with van der Waals surface area (Å²) in [6.07, 6.45) is 5.61. The van der Waals surface area contributed by atoms with Crippen molar-refractivity contribution in [2.45, 2.75) is 56.7 Å². The van der Waals surface area contributed by atoms with E-state index in [9.17, 15) is 9.18 Å². The molecule has 2 aliphatic rings. The molecule has 0 saturated carbocycles. The zero-order valence-electron chi connectivity index (χ0n) is 11.6. The predicted octanol–water partition coefficient (Wildman–Crippen LogP) is 2.16. The molecule has 108 valence electrons. The van der Waals surface area contributed by atoms with Crippen LogP contribution in [0.15, 0.2) is 24.3 Å². The van der Waals surface area contributed by atoms with Gasteiger partial charge in [0.1, 0.15) is 5.82 Å². The number of benzene rings is 1. The second kappa shape index (κ2) is 5.92. The SMILES string of the molecule is O=C1CCCCC2N[C@H](Cc3cccc(F)c3)CC2N1. The number of hydrogen-bond donors (Lipinski definition) is 2. The highest BCUT2D eigenvalue weighted by Crippen LogP contribution is 2.23. The molecule has 20 heavy (non-hydrogen) atoms. The maximum Gasteiger partial charge on any atom is 0.220 e. The first-order valence-electron chi connectivity index (χ1n) is 7.50. The lowest BCUT2D eigenvalue weighted by Gasteiger charge is -2.23. The molecule has 1 aromatic carbocycles. The monoisotopic (exact) mass is 276 g/mol. The van der Waals surface area contributed by atoms with Crippen molar-refractivity contribution in [3.8, 4) is 0 Å². The van der Waals surface area contributed by atoms with E-state index >= 15 is 0 Å². The van der Waals surface area contributed by atoms with Crippen molar-refractivity contribution in [2.24, 2.45) is 0 Å². The summed E-state index contributed by atoms with van der Waals surface area (Å²) in [7, 11) is 0. The molecule has 1 amide bonds. The smallest absolute Gasteiger partial charge is 0.220 e. The highest BCUT2D eigenvalue weighted by Gasteiger charge is 2.34. The molecule has 3 atom stereocenters. The van der Waals surface area contributed by atoms with Crippen LogP contribution in [0.1, 0.15) is 37.7 Å². The van der Waals surface area contributed by atoms with Crippen LogP contribution in [0.3, 0.4) is 0 Å². The summed E-state index contributed by atoms with van der Waals surface area (Å²) in [5, 5.41) is 6.74. The van der Waals surface area contributed by atoms with Crippen molar-refractivity contribution in [1.29, 1.82) is 0 Å². The van der Waals surface area contributed by atoms with Gasteiger partial charge in [0.25, 0.3) is 0 Å². The molecule has 0 spiro atoms. The van der Waals surface area contributed by atoms with Gasteiger partial charge in [0, 0.05) is 24.5 Å². The average molecular weight is 276 g/mol. The van der Waals surface area contributed by atoms with Gasteiger partial charge < -0.3 is 10.6 Å². The van der Waals surface area contributed by atoms with Gasteiger partial charge in [0.2, 0.25) is 5.91 Å². The molecule has 4 heteroatoms. The second-order valence-corrected chi connectivity index (χ2v) is 5.96. The van der Waals surface area contributed by atoms with Crippen molar-refractivity contribution < 1.29 is 9.18 Å². The minimum absolute atomic E-state index is 0.174. The summed E-state index contributed by atoms with van der Waals surface area (Å²) in [6, 6.07) is 7.72. The molecule has 2 heterocycles. The first kappa shape index (κ1) is 13.6. The van der Waals surface area contributed by atoms with E-state index < -0.39 is 0 Å². The molecule has 3 rings (SSSR count). The van der Waals surface area contributed by atoms with E-state index in [1.165, 1.54) is 6.07 Å². The van der Waals surface area contributed by atoms with Crippen LogP contribution in [0.5, 0.6) is 0 Å². The summed E-state index contributed by atoms with van der Waals surface area (Å²) in [4.78, 5) is 11.7. The topological polar surface area (TPSA) is 41.1 Å². The van der Waals surface area contributed by atoms with Gasteiger partial charge in [-0.3, -0.25) is 4.79 Å². The Kier molecular flexibility index (Phi) is 4.01. The number of amides is 1. The van der Waals surface area contributed by atoms with Gasteiger partial charge in [-0.1, -0.05) is 18.6 Å². The lowest BCUT2D eigenvalue weighted by atomic mass is 9.98. The molecule has 2 fully saturated rings. The minimum atomic E-state index is -0.181. The number of hydrogen-bond acceptors (Lipinski definition) is 2. The second-order valence-electron chi connectivity index (χ2n) is 5.96. The van der Waals surface area contributed by atoms with Gasteiger partial charge in [0.15, 0.2) is 0 Å². The molecule has 1 aromatic rings. The van der Waals surface area contributed by atoms with Gasteiger partial charge in [-0.05, 0) is 43.4 Å². The Morgan fingerprint density at radius 1 is 1.25 bits per heavy atom. The molecule has 2 aliphatic heterocycles. The van der Waals surface area contributed by atoms with Gasteiger partial charge in [-0.15, -0.1) is 0 Å². The maximum absolute atomic E-state index is 13.2. The predicted molar refractivity (Wildman–Crippen MR) is 75.8 cm³/mol. The normalized spacial score (nSPS) is 30.2. The lowest BCUT2D eigenvalue weighted by Crippen LogP contribution is -2.44. The standard InChI is InChI=1S/C16H21FN2O/c17-12-5-3-4-11(8-12)9-13-10-15-14(18-13)6-1-2-7-16(20)19-15/h3-5,8,13-15,18H,1-2,6-7,9-10H2,(H,19,20)/t13-,14?,15?/m1/s1. The van der Waals surface area contributed by atoms with Gasteiger partial charge in [-0.25, -0.2) is 4.39 Å². The quantitative estimate of drug-likeness (QED) is 0.869. The fourth-order valence-electron chi connectivity index (χ4n) is 3.42. The van der Waals surface area contributed by atoms with E-state index in [1.54, 1.807) is 12.1 Å². The number of nitrogens with one attached hydrogen (secondary N) is 2. The Hall–Kier alpha value is -1.42. The highest BCUT2D eigenvalue weighted by atomic mass is 19.1. The van der Waals surface area contributed by atoms with Crippen LogP contribution in [0.25, 0.3) is 0 Å². The molecule has 3 nitrogen and oxygen atoms in total. The zero-order valence-corrected chi connectivity index (χ0v) is 11.6. The molecular formula is C16H21FN2O. The first-order valence-corrected chi connectivity index (χ1v) is 7.50. The number of carbonyl (C=O) groups is 1. The Morgan fingerprint density at radius 2 is 2.15 bits per heavy atom. The van der Waals surface area contributed by atoms with Crippen LogP contribution in [0, 0.1) is 5.82 Å². The Balaban J connectivity index is 1.64. The lowest BCUT2D eigenvalue weighted by molar-refractivity contribution is -0.122. The Bertz CT molecular complexity index is 491. The van der Waals surface area contributed by atoms with Gasteiger partial charge in [-0.2, -0.15) is 0 Å². The largest absolute Gasteiger partial charge is 0.352 e. The van der Waals surface area contributed by atoms with Crippen molar-refractivity contribution in [3.05, 3.63) is 35.6 Å². The highest BCUT2D eigenvalue weighted by molar-refractivity contribution is 5.76. The van der Waals surface area contributed by atoms with E-state index in [2.05, 4.69) is 10.6 Å². The van der Waals surface area contributed by atoms with E-state index in [-0.39, 0.29) is 17.8 Å². The van der Waals surface area contributed by atoms with Crippen LogP contribution < -0.4 is 10.6 Å². The van der Waals surface area contributed by atoms with Crippen molar-refractivity contribution in [2.75, 3.05) is 0 Å². The fourth-order valence-corrected chi connectivity index (χ4v) is 3.42. The molecule has 0 radical (unpaired) electrons. The number of halogens is 1. The van der Waals surface area contributed by atoms with E-state index in [0.717, 1.165) is 37.7 Å². The third-order valence-corrected chi connectivity index (χ3v) is 4.36. The molecule has 0 bridgehead atoms. The number of carbonyl (C=O) groups excluding carboxylic acids is 1. The molecule has 0 aromatic heterocycles. The molecule has 2 saturated heterocycles. The molecule has 0 aliphatic carbocycles. The van der Waals surface area contributed by atoms with Crippen LogP contribution in [-0.4, -0.2) is 24.0 Å². The van der Waals surface area contributed by atoms with Crippen LogP contribution in [0.4, 0.5) is 4.39 Å². The Morgan fingerprint density at radius 3 is 3.00 bits per heavy atom. The van der Waals surface area contributed by atoms with Crippen LogP contribution in [0.2, 0.25) is 0 Å². The van der Waals surface area contributed by atoms with Gasteiger partial charge >= 0.3 is 0 Å². The van der Waals surface area contributed by atoms with E-state index in [0.29, 0.717) is 18.5 Å². The molecule has 2 unspecified atom stereocenters. The summed E-state index contributed by atoms with van der Waals surface area (Å²) in [5.74, 6) is -0.00674. The average Bonchev–Trinajstić information content (AvgIpc) is 2.74. The summed E-state index contributed by atoms with van der Waals surface area (Å²) in [6.45, 7) is 0. The molecule has 2 N–H and O–H groups in total. The number of rotatable bonds is 2. The van der Waals surface area contributed by atoms with E-state index in [4.69, 9.17) is 0 Å². The van der Waals surface area contributed by atoms with Crippen molar-refractivity contribution in [3.63, 3.8) is 0 Å². The summed E-state index contributed by atoms with van der Waals surface area (Å²) < 4.78 is 13.2. The van der Waals surface area contributed by atoms with Crippen LogP contribution in [-0.2, 0) is 11.2 Å². The van der Waals surface area contributed by atoms with Crippen molar-refractivity contribution >= 4 is 5.91 Å². The summed E-state index contributed by atoms with van der Waals surface area (Å²) >= 11 is 0. The van der Waals surface area contributed by atoms with Gasteiger partial charge in [0.05, 0.1) is 0 Å². The first-order chi connectivity index (χ1) is 9.70. The fraction of sp³-hybridized carbons (Fsp3) is 0.562. The third-order valence-electron chi connectivity index (χ3n) is 4.36. The maximum atomic E-state index is 13.2. The minimum Gasteiger partial charge on any atom is -0.352 e. The Labute approximate surface area is 118 Å². The third kappa shape index (κ3) is 3.18. The summed E-state index contributed by atoms with van der Waals surface area (Å²) in [5.41, 5.74) is 1.02. The molecular weight excluding hydrogens is 255 g/mol.